The van der Waals surface area contributed by atoms with E-state index in [4.69, 9.17) is 15.0 Å². The number of hydrogen-bond donors (Lipinski definition) is 0. The summed E-state index contributed by atoms with van der Waals surface area (Å²) >= 11 is 0. The molecule has 0 radical (unpaired) electrons. The highest BCUT2D eigenvalue weighted by Gasteiger charge is 2.23. The molecule has 0 saturated heterocycles. The van der Waals surface area contributed by atoms with Gasteiger partial charge < -0.3 is 9.13 Å². The Morgan fingerprint density at radius 2 is 0.828 bits per heavy atom. The average molecular weight is 816 g/mol. The van der Waals surface area contributed by atoms with Gasteiger partial charge in [-0.2, -0.15) is 0 Å². The zero-order valence-electron chi connectivity index (χ0n) is 34.6. The van der Waals surface area contributed by atoms with Crippen LogP contribution in [0.15, 0.2) is 224 Å². The molecular weight excluding hydrogens is 779 g/mol. The fraction of sp³-hybridized carbons (Fsp3) is 0. The Hall–Kier alpha value is -8.67. The third kappa shape index (κ3) is 5.68. The lowest BCUT2D eigenvalue weighted by Crippen LogP contribution is -2.01. The van der Waals surface area contributed by atoms with E-state index >= 15 is 0 Å². The van der Waals surface area contributed by atoms with Crippen molar-refractivity contribution in [2.75, 3.05) is 0 Å². The van der Waals surface area contributed by atoms with Gasteiger partial charge in [0.2, 0.25) is 0 Å². The van der Waals surface area contributed by atoms with Crippen LogP contribution in [0.25, 0.3) is 122 Å². The summed E-state index contributed by atoms with van der Waals surface area (Å²) in [6.45, 7) is 0. The lowest BCUT2D eigenvalue weighted by molar-refractivity contribution is 1.07. The van der Waals surface area contributed by atoms with Crippen molar-refractivity contribution < 1.29 is 0 Å². The van der Waals surface area contributed by atoms with Crippen molar-refractivity contribution in [3.05, 3.63) is 224 Å². The monoisotopic (exact) mass is 815 g/mol. The number of aromatic nitrogens is 5. The van der Waals surface area contributed by atoms with Crippen LogP contribution in [0.2, 0.25) is 0 Å². The van der Waals surface area contributed by atoms with Gasteiger partial charge in [-0.05, 0) is 70.3 Å². The molecule has 3 heterocycles. The summed E-state index contributed by atoms with van der Waals surface area (Å²) in [5.74, 6) is 1.89. The van der Waals surface area contributed by atoms with Gasteiger partial charge in [0.15, 0.2) is 17.5 Å². The molecule has 5 heteroatoms. The summed E-state index contributed by atoms with van der Waals surface area (Å²) in [6, 6.07) is 80.0. The largest absolute Gasteiger partial charge is 0.309 e. The molecule has 0 aliphatic heterocycles. The summed E-state index contributed by atoms with van der Waals surface area (Å²) in [5, 5.41) is 9.61. The predicted octanol–water partition coefficient (Wildman–Crippen LogP) is 15.0. The topological polar surface area (TPSA) is 48.5 Å². The first kappa shape index (κ1) is 36.0. The van der Waals surface area contributed by atoms with Gasteiger partial charge in [0.25, 0.3) is 0 Å². The van der Waals surface area contributed by atoms with Gasteiger partial charge in [-0.3, -0.25) is 0 Å². The van der Waals surface area contributed by atoms with Crippen molar-refractivity contribution in [3.63, 3.8) is 0 Å². The van der Waals surface area contributed by atoms with Crippen molar-refractivity contribution in [1.82, 2.24) is 24.1 Å². The molecule has 13 aromatic rings. The predicted molar refractivity (Wildman–Crippen MR) is 265 cm³/mol. The Labute approximate surface area is 368 Å². The Balaban J connectivity index is 1.12. The number of para-hydroxylation sites is 2. The second kappa shape index (κ2) is 14.5. The Bertz CT molecular complexity index is 3890. The number of hydrogen-bond acceptors (Lipinski definition) is 3. The summed E-state index contributed by atoms with van der Waals surface area (Å²) in [7, 11) is 0. The smallest absolute Gasteiger partial charge is 0.164 e. The molecule has 10 aromatic carbocycles. The SMILES string of the molecule is c1ccc(-c2nc(-c3ccccc3)nc(-c3cccc(-n4c5c(-c6ccc7c(c6)c6ccccc6n7-c6ccccc6)c6ccccc6cc5c5ccc6ccccc6c54)c3)n2)cc1. The Kier molecular flexibility index (Phi) is 8.15. The highest BCUT2D eigenvalue weighted by molar-refractivity contribution is 6.26. The zero-order valence-corrected chi connectivity index (χ0v) is 34.6. The summed E-state index contributed by atoms with van der Waals surface area (Å²) < 4.78 is 4.88. The fourth-order valence-corrected chi connectivity index (χ4v) is 9.86. The fourth-order valence-electron chi connectivity index (χ4n) is 9.86. The first-order valence-electron chi connectivity index (χ1n) is 21.7. The van der Waals surface area contributed by atoms with Crippen molar-refractivity contribution >= 4 is 65.2 Å². The quantitative estimate of drug-likeness (QED) is 0.168. The van der Waals surface area contributed by atoms with Gasteiger partial charge in [-0.15, -0.1) is 0 Å². The van der Waals surface area contributed by atoms with Crippen LogP contribution < -0.4 is 0 Å². The third-order valence-electron chi connectivity index (χ3n) is 12.7. The molecule has 3 aromatic heterocycles. The summed E-state index contributed by atoms with van der Waals surface area (Å²) in [6.07, 6.45) is 0. The molecule has 0 N–H and O–H groups in total. The van der Waals surface area contributed by atoms with E-state index in [-0.39, 0.29) is 0 Å². The van der Waals surface area contributed by atoms with E-state index in [2.05, 4.69) is 197 Å². The van der Waals surface area contributed by atoms with Crippen LogP contribution in [0.5, 0.6) is 0 Å². The zero-order chi connectivity index (χ0) is 42.1. The van der Waals surface area contributed by atoms with Crippen LogP contribution in [0, 0.1) is 0 Å². The molecule has 0 unspecified atom stereocenters. The van der Waals surface area contributed by atoms with Crippen molar-refractivity contribution in [3.8, 4) is 56.7 Å². The van der Waals surface area contributed by atoms with E-state index < -0.39 is 0 Å². The van der Waals surface area contributed by atoms with Crippen molar-refractivity contribution in [1.29, 1.82) is 0 Å². The number of rotatable bonds is 6. The molecule has 64 heavy (non-hydrogen) atoms. The first-order chi connectivity index (χ1) is 31.7. The molecule has 0 aliphatic carbocycles. The van der Waals surface area contributed by atoms with Gasteiger partial charge in [-0.1, -0.05) is 176 Å². The normalized spacial score (nSPS) is 11.8. The average Bonchev–Trinajstić information content (AvgIpc) is 3.89. The number of benzene rings is 10. The minimum atomic E-state index is 0.617. The maximum Gasteiger partial charge on any atom is 0.164 e. The minimum Gasteiger partial charge on any atom is -0.309 e. The van der Waals surface area contributed by atoms with E-state index in [0.717, 1.165) is 44.7 Å². The van der Waals surface area contributed by atoms with E-state index in [1.165, 1.54) is 59.7 Å². The van der Waals surface area contributed by atoms with Crippen LogP contribution >= 0.6 is 0 Å². The highest BCUT2D eigenvalue weighted by Crippen LogP contribution is 2.46. The lowest BCUT2D eigenvalue weighted by Gasteiger charge is -2.16. The van der Waals surface area contributed by atoms with Crippen molar-refractivity contribution in [2.24, 2.45) is 0 Å². The molecule has 5 nitrogen and oxygen atoms in total. The second-order valence-electron chi connectivity index (χ2n) is 16.4. The van der Waals surface area contributed by atoms with Gasteiger partial charge in [0.1, 0.15) is 0 Å². The molecule has 0 amide bonds. The molecule has 0 aliphatic rings. The minimum absolute atomic E-state index is 0.617. The molecule has 0 fully saturated rings. The molecule has 13 rings (SSSR count). The standard InChI is InChI=1S/C59H37N5/c1-4-18-39(19-5-1)57-60-58(40-20-6-2-7-21-40)62-59(61-57)43-23-16-26-45(35-43)64-55-47-28-13-10-17-38(47)31-33-49(55)51-36-41-22-11-12-27-46(41)54(56(51)64)42-32-34-53-50(37-42)48-29-14-15-30-52(48)63(53)44-24-8-3-9-25-44/h1-37H. The highest BCUT2D eigenvalue weighted by atomic mass is 15.0. The Morgan fingerprint density at radius 1 is 0.266 bits per heavy atom. The van der Waals surface area contributed by atoms with Crippen LogP contribution in [-0.4, -0.2) is 24.1 Å². The van der Waals surface area contributed by atoms with Crippen LogP contribution in [-0.2, 0) is 0 Å². The number of nitrogens with zero attached hydrogens (tertiary/aromatic N) is 5. The molecular formula is C59H37N5. The number of fused-ring (bicyclic) bond motifs is 9. The van der Waals surface area contributed by atoms with Crippen LogP contribution in [0.3, 0.4) is 0 Å². The van der Waals surface area contributed by atoms with E-state index in [9.17, 15) is 0 Å². The van der Waals surface area contributed by atoms with Crippen LogP contribution in [0.4, 0.5) is 0 Å². The molecule has 0 saturated carbocycles. The van der Waals surface area contributed by atoms with E-state index in [1.54, 1.807) is 0 Å². The van der Waals surface area contributed by atoms with Gasteiger partial charge in [0.05, 0.1) is 22.1 Å². The molecule has 298 valence electrons. The lowest BCUT2D eigenvalue weighted by atomic mass is 9.93. The summed E-state index contributed by atoms with van der Waals surface area (Å²) in [4.78, 5) is 15.3. The van der Waals surface area contributed by atoms with Gasteiger partial charge in [-0.25, -0.2) is 15.0 Å². The first-order valence-corrected chi connectivity index (χ1v) is 21.7. The van der Waals surface area contributed by atoms with Crippen molar-refractivity contribution in [2.45, 2.75) is 0 Å². The maximum atomic E-state index is 5.15. The second-order valence-corrected chi connectivity index (χ2v) is 16.4. The van der Waals surface area contributed by atoms with Gasteiger partial charge in [0, 0.05) is 60.6 Å². The Morgan fingerprint density at radius 3 is 1.56 bits per heavy atom. The van der Waals surface area contributed by atoms with Gasteiger partial charge >= 0.3 is 0 Å². The summed E-state index contributed by atoms with van der Waals surface area (Å²) in [5.41, 5.74) is 12.0. The molecule has 0 spiro atoms. The third-order valence-corrected chi connectivity index (χ3v) is 12.7. The van der Waals surface area contributed by atoms with E-state index in [1.807, 2.05) is 36.4 Å². The van der Waals surface area contributed by atoms with E-state index in [0.29, 0.717) is 17.5 Å². The molecule has 0 atom stereocenters. The molecule has 0 bridgehead atoms. The maximum absolute atomic E-state index is 5.15. The van der Waals surface area contributed by atoms with Crippen LogP contribution in [0.1, 0.15) is 0 Å².